The maximum absolute atomic E-state index is 14.0. The number of fused-ring (bicyclic) bond motifs is 1. The number of carbonyl (C=O) groups is 1. The summed E-state index contributed by atoms with van der Waals surface area (Å²) in [6.45, 7) is 1.78. The van der Waals surface area contributed by atoms with Crippen LogP contribution in [0.5, 0.6) is 5.75 Å². The molecule has 42 heavy (non-hydrogen) atoms. The van der Waals surface area contributed by atoms with Crippen molar-refractivity contribution < 1.29 is 13.9 Å². The molecule has 10 heteroatoms. The number of ether oxygens (including phenoxy) is 1. The van der Waals surface area contributed by atoms with Crippen LogP contribution in [-0.2, 0) is 4.79 Å². The molecule has 0 radical (unpaired) electrons. The molecule has 0 fully saturated rings. The Morgan fingerprint density at radius 1 is 1.02 bits per heavy atom. The van der Waals surface area contributed by atoms with Gasteiger partial charge in [-0.1, -0.05) is 70.9 Å². The number of furan rings is 1. The summed E-state index contributed by atoms with van der Waals surface area (Å²) < 4.78 is 13.3. The Balaban J connectivity index is 1.45. The molecule has 0 unspecified atom stereocenters. The van der Waals surface area contributed by atoms with Gasteiger partial charge in [0.15, 0.2) is 4.80 Å². The zero-order chi connectivity index (χ0) is 29.4. The average molecular weight is 617 g/mol. The SMILES string of the molecule is COc1ccc([C@@H]2C(C(=O)Nc3ccccc3)=C(C)N=c3s/c(=C/c4ccc(-c5cccc(Cl)c5Cl)o4)c(=O)n32)cc1. The van der Waals surface area contributed by atoms with Gasteiger partial charge in [-0.05, 0) is 61.0 Å². The van der Waals surface area contributed by atoms with Gasteiger partial charge in [-0.25, -0.2) is 4.99 Å². The summed E-state index contributed by atoms with van der Waals surface area (Å²) in [7, 11) is 1.58. The van der Waals surface area contributed by atoms with Gasteiger partial charge in [0.05, 0.1) is 39.0 Å². The largest absolute Gasteiger partial charge is 0.497 e. The van der Waals surface area contributed by atoms with Crippen molar-refractivity contribution in [2.24, 2.45) is 4.99 Å². The normalized spacial score (nSPS) is 14.9. The van der Waals surface area contributed by atoms with Crippen LogP contribution in [-0.4, -0.2) is 17.6 Å². The summed E-state index contributed by atoms with van der Waals surface area (Å²) in [4.78, 5) is 32.8. The van der Waals surface area contributed by atoms with Gasteiger partial charge in [-0.3, -0.25) is 14.2 Å². The van der Waals surface area contributed by atoms with E-state index in [1.54, 1.807) is 73.2 Å². The van der Waals surface area contributed by atoms with E-state index in [-0.39, 0.29) is 11.5 Å². The molecule has 1 atom stereocenters. The monoisotopic (exact) mass is 615 g/mol. The first-order valence-electron chi connectivity index (χ1n) is 12.9. The number of rotatable bonds is 6. The van der Waals surface area contributed by atoms with Crippen LogP contribution in [0.1, 0.15) is 24.3 Å². The van der Waals surface area contributed by atoms with Gasteiger partial charge in [0, 0.05) is 17.3 Å². The second-order valence-corrected chi connectivity index (χ2v) is 11.3. The summed E-state index contributed by atoms with van der Waals surface area (Å²) in [5.74, 6) is 1.31. The molecule has 3 aromatic carbocycles. The molecule has 2 aromatic heterocycles. The number of halogens is 2. The summed E-state index contributed by atoms with van der Waals surface area (Å²) in [6.07, 6.45) is 1.67. The number of methoxy groups -OCH3 is 1. The van der Waals surface area contributed by atoms with E-state index < -0.39 is 6.04 Å². The lowest BCUT2D eigenvalue weighted by Crippen LogP contribution is -2.40. The van der Waals surface area contributed by atoms with Gasteiger partial charge in [-0.15, -0.1) is 0 Å². The summed E-state index contributed by atoms with van der Waals surface area (Å²) >= 11 is 13.8. The van der Waals surface area contributed by atoms with Crippen molar-refractivity contribution >= 4 is 52.2 Å². The van der Waals surface area contributed by atoms with Gasteiger partial charge < -0.3 is 14.5 Å². The van der Waals surface area contributed by atoms with Crippen LogP contribution >= 0.6 is 34.5 Å². The predicted octanol–water partition coefficient (Wildman–Crippen LogP) is 6.45. The molecule has 6 rings (SSSR count). The lowest BCUT2D eigenvalue weighted by molar-refractivity contribution is -0.113. The third kappa shape index (κ3) is 5.20. The number of nitrogens with one attached hydrogen (secondary N) is 1. The number of amides is 1. The molecule has 0 saturated carbocycles. The highest BCUT2D eigenvalue weighted by molar-refractivity contribution is 7.07. The van der Waals surface area contributed by atoms with Gasteiger partial charge in [0.1, 0.15) is 17.3 Å². The Morgan fingerprint density at radius 3 is 2.52 bits per heavy atom. The van der Waals surface area contributed by atoms with Crippen LogP contribution in [0.15, 0.2) is 110 Å². The van der Waals surface area contributed by atoms with Gasteiger partial charge in [0.25, 0.3) is 11.5 Å². The van der Waals surface area contributed by atoms with Crippen LogP contribution in [0.4, 0.5) is 5.69 Å². The molecule has 0 aliphatic carbocycles. The molecule has 1 aliphatic rings. The van der Waals surface area contributed by atoms with Crippen LogP contribution in [0.25, 0.3) is 17.4 Å². The van der Waals surface area contributed by atoms with Crippen LogP contribution < -0.4 is 24.9 Å². The molecule has 0 saturated heterocycles. The lowest BCUT2D eigenvalue weighted by atomic mass is 9.95. The highest BCUT2D eigenvalue weighted by Crippen LogP contribution is 2.35. The Morgan fingerprint density at radius 2 is 1.79 bits per heavy atom. The van der Waals surface area contributed by atoms with Gasteiger partial charge in [-0.2, -0.15) is 0 Å². The second-order valence-electron chi connectivity index (χ2n) is 9.48. The quantitative estimate of drug-likeness (QED) is 0.238. The first kappa shape index (κ1) is 27.8. The number of hydrogen-bond donors (Lipinski definition) is 1. The second kappa shape index (κ2) is 11.5. The number of anilines is 1. The highest BCUT2D eigenvalue weighted by Gasteiger charge is 2.32. The topological polar surface area (TPSA) is 85.8 Å². The van der Waals surface area contributed by atoms with E-state index in [9.17, 15) is 9.59 Å². The Hall–Kier alpha value is -4.37. The van der Waals surface area contributed by atoms with Crippen LogP contribution in [0.3, 0.4) is 0 Å². The first-order valence-corrected chi connectivity index (χ1v) is 14.5. The zero-order valence-corrected chi connectivity index (χ0v) is 24.8. The fraction of sp³-hybridized carbons (Fsp3) is 0.0938. The molecule has 3 heterocycles. The molecular formula is C32H23Cl2N3O4S. The summed E-state index contributed by atoms with van der Waals surface area (Å²) in [5, 5.41) is 3.75. The maximum Gasteiger partial charge on any atom is 0.271 e. The van der Waals surface area contributed by atoms with Gasteiger partial charge in [0.2, 0.25) is 0 Å². The van der Waals surface area contributed by atoms with Crippen molar-refractivity contribution in [3.63, 3.8) is 0 Å². The zero-order valence-electron chi connectivity index (χ0n) is 22.4. The highest BCUT2D eigenvalue weighted by atomic mass is 35.5. The van der Waals surface area contributed by atoms with Gasteiger partial charge >= 0.3 is 0 Å². The number of allylic oxidation sites excluding steroid dienone is 1. The molecule has 7 nitrogen and oxygen atoms in total. The number of thiazole rings is 1. The minimum Gasteiger partial charge on any atom is -0.497 e. The van der Waals surface area contributed by atoms with Crippen molar-refractivity contribution in [2.75, 3.05) is 12.4 Å². The third-order valence-corrected chi connectivity index (χ3v) is 8.65. The van der Waals surface area contributed by atoms with Crippen LogP contribution in [0.2, 0.25) is 10.0 Å². The van der Waals surface area contributed by atoms with E-state index in [0.29, 0.717) is 59.2 Å². The minimum absolute atomic E-state index is 0.296. The van der Waals surface area contributed by atoms with E-state index in [2.05, 4.69) is 10.3 Å². The number of benzene rings is 3. The number of aromatic nitrogens is 1. The maximum atomic E-state index is 14.0. The van der Waals surface area contributed by atoms with Crippen LogP contribution in [0, 0.1) is 0 Å². The molecule has 210 valence electrons. The minimum atomic E-state index is -0.713. The Kier molecular flexibility index (Phi) is 7.60. The molecule has 1 aliphatic heterocycles. The number of carbonyl (C=O) groups excluding carboxylic acids is 1. The smallest absolute Gasteiger partial charge is 0.271 e. The predicted molar refractivity (Wildman–Crippen MR) is 166 cm³/mol. The molecule has 0 bridgehead atoms. The lowest BCUT2D eigenvalue weighted by Gasteiger charge is -2.25. The van der Waals surface area contributed by atoms with E-state index >= 15 is 0 Å². The van der Waals surface area contributed by atoms with E-state index in [0.717, 1.165) is 5.56 Å². The molecular weight excluding hydrogens is 593 g/mol. The molecule has 0 spiro atoms. The van der Waals surface area contributed by atoms with Crippen molar-refractivity contribution in [3.8, 4) is 17.1 Å². The average Bonchev–Trinajstić information content (AvgIpc) is 3.58. The van der Waals surface area contributed by atoms with Crippen molar-refractivity contribution in [3.05, 3.63) is 137 Å². The van der Waals surface area contributed by atoms with Crippen molar-refractivity contribution in [2.45, 2.75) is 13.0 Å². The standard InChI is InChI=1S/C32H23Cl2N3O4S/c1-18-27(30(38)36-20-7-4-3-5-8-20)29(19-11-13-21(40-2)14-12-19)37-31(39)26(42-32(37)35-18)17-22-15-16-25(41-22)23-9-6-10-24(33)28(23)34/h3-17,29H,1-2H3,(H,36,38)/b26-17+/t29-/m1/s1. The fourth-order valence-electron chi connectivity index (χ4n) is 4.83. The Labute approximate surface area is 254 Å². The first-order chi connectivity index (χ1) is 20.3. The third-order valence-electron chi connectivity index (χ3n) is 6.85. The molecule has 5 aromatic rings. The fourth-order valence-corrected chi connectivity index (χ4v) is 6.25. The molecule has 1 N–H and O–H groups in total. The number of hydrogen-bond acceptors (Lipinski definition) is 6. The van der Waals surface area contributed by atoms with E-state index in [4.69, 9.17) is 32.4 Å². The van der Waals surface area contributed by atoms with Crippen molar-refractivity contribution in [1.82, 2.24) is 4.57 Å². The summed E-state index contributed by atoms with van der Waals surface area (Å²) in [5.41, 5.74) is 2.63. The number of para-hydroxylation sites is 1. The Bertz CT molecular complexity index is 2030. The molecule has 1 amide bonds. The van der Waals surface area contributed by atoms with E-state index in [1.165, 1.54) is 11.3 Å². The van der Waals surface area contributed by atoms with Crippen molar-refractivity contribution in [1.29, 1.82) is 0 Å². The number of nitrogens with zero attached hydrogens (tertiary/aromatic N) is 2. The summed E-state index contributed by atoms with van der Waals surface area (Å²) in [6, 6.07) is 24.6. The van der Waals surface area contributed by atoms with E-state index in [1.807, 2.05) is 36.4 Å².